The van der Waals surface area contributed by atoms with Gasteiger partial charge in [-0.05, 0) is 52.9 Å². The molecule has 0 saturated carbocycles. The summed E-state index contributed by atoms with van der Waals surface area (Å²) in [5.41, 5.74) is 0.767. The largest absolute Gasteiger partial charge is 0.333 e. The molecule has 0 amide bonds. The van der Waals surface area contributed by atoms with Gasteiger partial charge in [0.25, 0.3) is 0 Å². The van der Waals surface area contributed by atoms with Gasteiger partial charge in [0.05, 0.1) is 6.61 Å². The Balaban J connectivity index is 2.36. The average Bonchev–Trinajstić information content (AvgIpc) is 2.54. The molecule has 1 saturated heterocycles. The number of carbonyl (C=O) groups is 1. The SMILES string of the molecule is CC1(c2ccccc2CC(=O)Cl)COC(Cl)(Cl)O1. The molecule has 1 fully saturated rings. The summed E-state index contributed by atoms with van der Waals surface area (Å²) in [6.07, 6.45) is 0.119. The van der Waals surface area contributed by atoms with E-state index in [2.05, 4.69) is 0 Å². The molecule has 0 aliphatic carbocycles. The van der Waals surface area contributed by atoms with Crippen LogP contribution in [0.3, 0.4) is 0 Å². The fourth-order valence-electron chi connectivity index (χ4n) is 2.02. The summed E-state index contributed by atoms with van der Waals surface area (Å²) in [6, 6.07) is 7.32. The normalized spacial score (nSPS) is 26.2. The molecule has 0 bridgehead atoms. The quantitative estimate of drug-likeness (QED) is 0.634. The Kier molecular flexibility index (Phi) is 3.90. The van der Waals surface area contributed by atoms with Crippen LogP contribution < -0.4 is 0 Å². The van der Waals surface area contributed by atoms with Gasteiger partial charge in [0.15, 0.2) is 0 Å². The number of ether oxygens (including phenoxy) is 2. The number of alkyl halides is 2. The van der Waals surface area contributed by atoms with Gasteiger partial charge in [-0.2, -0.15) is 0 Å². The molecule has 1 aliphatic heterocycles. The van der Waals surface area contributed by atoms with Crippen molar-refractivity contribution in [2.45, 2.75) is 23.7 Å². The predicted molar refractivity (Wildman–Crippen MR) is 69.8 cm³/mol. The Bertz CT molecular complexity index is 475. The molecule has 0 aromatic heterocycles. The van der Waals surface area contributed by atoms with Crippen LogP contribution in [0.2, 0.25) is 0 Å². The van der Waals surface area contributed by atoms with Gasteiger partial charge < -0.3 is 9.47 Å². The van der Waals surface area contributed by atoms with E-state index in [9.17, 15) is 4.79 Å². The van der Waals surface area contributed by atoms with Crippen molar-refractivity contribution in [2.24, 2.45) is 0 Å². The summed E-state index contributed by atoms with van der Waals surface area (Å²) in [5, 5.41) is -0.437. The fraction of sp³-hybridized carbons (Fsp3) is 0.417. The van der Waals surface area contributed by atoms with E-state index in [1.54, 1.807) is 6.92 Å². The Morgan fingerprint density at radius 2 is 2.06 bits per heavy atom. The molecule has 0 spiro atoms. The van der Waals surface area contributed by atoms with E-state index in [-0.39, 0.29) is 13.0 Å². The van der Waals surface area contributed by atoms with Crippen LogP contribution in [-0.4, -0.2) is 16.6 Å². The van der Waals surface area contributed by atoms with Gasteiger partial charge in [-0.3, -0.25) is 4.79 Å². The molecule has 3 nitrogen and oxygen atoms in total. The van der Waals surface area contributed by atoms with Gasteiger partial charge >= 0.3 is 4.71 Å². The zero-order valence-electron chi connectivity index (χ0n) is 9.58. The van der Waals surface area contributed by atoms with Gasteiger partial charge in [-0.25, -0.2) is 0 Å². The van der Waals surface area contributed by atoms with Crippen LogP contribution >= 0.6 is 34.8 Å². The molecular weight excluding hydrogens is 298 g/mol. The molecule has 98 valence electrons. The van der Waals surface area contributed by atoms with E-state index in [1.165, 1.54) is 0 Å². The van der Waals surface area contributed by atoms with Gasteiger partial charge in [-0.15, -0.1) is 0 Å². The number of benzene rings is 1. The third kappa shape index (κ3) is 2.98. The van der Waals surface area contributed by atoms with Gasteiger partial charge in [0.2, 0.25) is 5.24 Å². The third-order valence-corrected chi connectivity index (χ3v) is 3.28. The molecule has 0 radical (unpaired) electrons. The molecule has 1 aliphatic rings. The Morgan fingerprint density at radius 3 is 2.61 bits per heavy atom. The number of hydrogen-bond acceptors (Lipinski definition) is 3. The van der Waals surface area contributed by atoms with Crippen molar-refractivity contribution in [3.05, 3.63) is 35.4 Å². The lowest BCUT2D eigenvalue weighted by molar-refractivity contribution is -0.111. The van der Waals surface area contributed by atoms with Crippen LogP contribution in [0.4, 0.5) is 0 Å². The molecule has 1 aromatic carbocycles. The number of halogens is 3. The highest BCUT2D eigenvalue weighted by molar-refractivity contribution is 6.63. The fourth-order valence-corrected chi connectivity index (χ4v) is 2.61. The summed E-state index contributed by atoms with van der Waals surface area (Å²) in [4.78, 5) is 11.1. The van der Waals surface area contributed by atoms with Crippen molar-refractivity contribution in [1.82, 2.24) is 0 Å². The van der Waals surface area contributed by atoms with Crippen LogP contribution in [0.15, 0.2) is 24.3 Å². The van der Waals surface area contributed by atoms with Gasteiger partial charge in [0, 0.05) is 6.42 Å². The topological polar surface area (TPSA) is 35.5 Å². The first-order valence-electron chi connectivity index (χ1n) is 5.31. The van der Waals surface area contributed by atoms with Crippen molar-refractivity contribution in [1.29, 1.82) is 0 Å². The number of rotatable bonds is 3. The van der Waals surface area contributed by atoms with Crippen LogP contribution in [0.25, 0.3) is 0 Å². The molecule has 0 N–H and O–H groups in total. The first-order valence-corrected chi connectivity index (χ1v) is 6.44. The molecular formula is C12H11Cl3O3. The third-order valence-electron chi connectivity index (χ3n) is 2.78. The molecule has 6 heteroatoms. The lowest BCUT2D eigenvalue weighted by Crippen LogP contribution is -2.28. The Labute approximate surface area is 120 Å². The van der Waals surface area contributed by atoms with Crippen molar-refractivity contribution in [3.8, 4) is 0 Å². The second-order valence-corrected chi connectivity index (χ2v) is 5.88. The van der Waals surface area contributed by atoms with Gasteiger partial charge in [0.1, 0.15) is 5.60 Å². The standard InChI is InChI=1S/C12H11Cl3O3/c1-11(7-17-12(14,15)18-11)9-5-3-2-4-8(9)6-10(13)16/h2-5H,6-7H2,1H3. The maximum atomic E-state index is 11.1. The summed E-state index contributed by atoms with van der Waals surface area (Å²) in [7, 11) is 0. The minimum absolute atomic E-state index is 0.119. The number of hydrogen-bond donors (Lipinski definition) is 0. The van der Waals surface area contributed by atoms with Crippen molar-refractivity contribution in [2.75, 3.05) is 6.61 Å². The van der Waals surface area contributed by atoms with Crippen molar-refractivity contribution < 1.29 is 14.3 Å². The summed E-state index contributed by atoms with van der Waals surface area (Å²) < 4.78 is 9.00. The van der Waals surface area contributed by atoms with Crippen molar-refractivity contribution in [3.63, 3.8) is 0 Å². The van der Waals surface area contributed by atoms with E-state index in [0.29, 0.717) is 0 Å². The van der Waals surface area contributed by atoms with Crippen LogP contribution in [0, 0.1) is 0 Å². The lowest BCUT2D eigenvalue weighted by atomic mass is 9.91. The maximum Gasteiger partial charge on any atom is 0.333 e. The molecule has 1 heterocycles. The average molecular weight is 310 g/mol. The monoisotopic (exact) mass is 308 g/mol. The molecule has 1 atom stereocenters. The Morgan fingerprint density at radius 1 is 1.39 bits per heavy atom. The lowest BCUT2D eigenvalue weighted by Gasteiger charge is -2.25. The second kappa shape index (κ2) is 4.99. The van der Waals surface area contributed by atoms with E-state index in [4.69, 9.17) is 44.3 Å². The van der Waals surface area contributed by atoms with Crippen LogP contribution in [-0.2, 0) is 26.3 Å². The zero-order valence-corrected chi connectivity index (χ0v) is 11.9. The Hall–Kier alpha value is -0.320. The van der Waals surface area contributed by atoms with Crippen LogP contribution in [0.1, 0.15) is 18.1 Å². The molecule has 1 unspecified atom stereocenters. The first kappa shape index (κ1) is 14.1. The van der Waals surface area contributed by atoms with E-state index < -0.39 is 15.5 Å². The smallest absolute Gasteiger partial charge is 0.321 e. The molecule has 18 heavy (non-hydrogen) atoms. The molecule has 2 rings (SSSR count). The summed E-state index contributed by atoms with van der Waals surface area (Å²) >= 11 is 17.0. The first-order chi connectivity index (χ1) is 8.32. The summed E-state index contributed by atoms with van der Waals surface area (Å²) in [5.74, 6) is 0. The minimum Gasteiger partial charge on any atom is -0.321 e. The predicted octanol–water partition coefficient (Wildman–Crippen LogP) is 3.35. The van der Waals surface area contributed by atoms with E-state index >= 15 is 0 Å². The van der Waals surface area contributed by atoms with Crippen LogP contribution in [0.5, 0.6) is 0 Å². The van der Waals surface area contributed by atoms with E-state index in [0.717, 1.165) is 11.1 Å². The minimum atomic E-state index is -1.66. The summed E-state index contributed by atoms with van der Waals surface area (Å²) in [6.45, 7) is 2.00. The second-order valence-electron chi connectivity index (χ2n) is 4.27. The highest BCUT2D eigenvalue weighted by Crippen LogP contribution is 2.44. The van der Waals surface area contributed by atoms with Gasteiger partial charge in [-0.1, -0.05) is 24.3 Å². The highest BCUT2D eigenvalue weighted by Gasteiger charge is 2.47. The van der Waals surface area contributed by atoms with Crippen molar-refractivity contribution >= 4 is 40.0 Å². The number of carbonyl (C=O) groups excluding carboxylic acids is 1. The zero-order chi connectivity index (χ0) is 13.4. The highest BCUT2D eigenvalue weighted by atomic mass is 35.5. The van der Waals surface area contributed by atoms with E-state index in [1.807, 2.05) is 24.3 Å². The molecule has 1 aromatic rings. The maximum absolute atomic E-state index is 11.1.